The third-order valence-corrected chi connectivity index (χ3v) is 10.3. The predicted octanol–water partition coefficient (Wildman–Crippen LogP) is 13.0. The summed E-state index contributed by atoms with van der Waals surface area (Å²) in [5.74, 6) is 0. The molecule has 0 unspecified atom stereocenters. The molecule has 0 radical (unpaired) electrons. The molecule has 210 valence electrons. The molecule has 0 saturated carbocycles. The minimum Gasteiger partial charge on any atom is -0.135 e. The first kappa shape index (κ1) is 25.9. The van der Waals surface area contributed by atoms with Crippen LogP contribution in [0, 0.1) is 0 Å². The van der Waals surface area contributed by atoms with Crippen molar-refractivity contribution in [3.63, 3.8) is 0 Å². The normalized spacial score (nSPS) is 11.6. The Kier molecular flexibility index (Phi) is 6.11. The molecule has 1 aromatic heterocycles. The molecule has 9 rings (SSSR count). The average Bonchev–Trinajstić information content (AvgIpc) is 3.51. The summed E-state index contributed by atoms with van der Waals surface area (Å²) in [6.45, 7) is 0. The Labute approximate surface area is 266 Å². The molecule has 45 heavy (non-hydrogen) atoms. The summed E-state index contributed by atoms with van der Waals surface area (Å²) in [5.41, 5.74) is 10.2. The molecule has 0 bridgehead atoms. The smallest absolute Gasteiger partial charge is 0.0434 e. The van der Waals surface area contributed by atoms with Crippen LogP contribution in [0.1, 0.15) is 0 Å². The molecule has 0 saturated heterocycles. The largest absolute Gasteiger partial charge is 0.135 e. The van der Waals surface area contributed by atoms with Crippen molar-refractivity contribution < 1.29 is 0 Å². The van der Waals surface area contributed by atoms with Gasteiger partial charge in [-0.05, 0) is 66.6 Å². The molecule has 9 aromatic rings. The minimum absolute atomic E-state index is 1.24. The molecular formula is C44H28S. The van der Waals surface area contributed by atoms with E-state index in [-0.39, 0.29) is 0 Å². The van der Waals surface area contributed by atoms with Gasteiger partial charge in [0.1, 0.15) is 0 Å². The van der Waals surface area contributed by atoms with Gasteiger partial charge < -0.3 is 0 Å². The highest BCUT2D eigenvalue weighted by atomic mass is 32.1. The van der Waals surface area contributed by atoms with Gasteiger partial charge in [-0.25, -0.2) is 0 Å². The summed E-state index contributed by atoms with van der Waals surface area (Å²) in [6.07, 6.45) is 0. The van der Waals surface area contributed by atoms with E-state index < -0.39 is 0 Å². The van der Waals surface area contributed by atoms with Crippen LogP contribution >= 0.6 is 11.3 Å². The Morgan fingerprint density at radius 1 is 0.289 bits per heavy atom. The molecule has 0 amide bonds. The quantitative estimate of drug-likeness (QED) is 0.179. The topological polar surface area (TPSA) is 0 Å². The molecule has 0 N–H and O–H groups in total. The molecule has 0 nitrogen and oxygen atoms in total. The van der Waals surface area contributed by atoms with Crippen LogP contribution in [0.5, 0.6) is 0 Å². The maximum atomic E-state index is 2.33. The van der Waals surface area contributed by atoms with E-state index in [1.807, 2.05) is 11.3 Å². The molecule has 8 aromatic carbocycles. The van der Waals surface area contributed by atoms with Crippen molar-refractivity contribution in [2.45, 2.75) is 0 Å². The van der Waals surface area contributed by atoms with Gasteiger partial charge in [-0.3, -0.25) is 0 Å². The molecule has 0 aliphatic rings. The van der Waals surface area contributed by atoms with Crippen LogP contribution in [0.4, 0.5) is 0 Å². The summed E-state index contributed by atoms with van der Waals surface area (Å²) in [7, 11) is 0. The second-order valence-electron chi connectivity index (χ2n) is 11.6. The van der Waals surface area contributed by atoms with Crippen LogP contribution in [0.15, 0.2) is 170 Å². The van der Waals surface area contributed by atoms with E-state index in [2.05, 4.69) is 170 Å². The summed E-state index contributed by atoms with van der Waals surface area (Å²) in [4.78, 5) is 0. The summed E-state index contributed by atoms with van der Waals surface area (Å²) >= 11 is 1.91. The lowest BCUT2D eigenvalue weighted by Crippen LogP contribution is -1.91. The van der Waals surface area contributed by atoms with Gasteiger partial charge in [0.25, 0.3) is 0 Å². The van der Waals surface area contributed by atoms with Crippen molar-refractivity contribution in [1.82, 2.24) is 0 Å². The molecular weight excluding hydrogens is 561 g/mol. The van der Waals surface area contributed by atoms with Gasteiger partial charge in [0.2, 0.25) is 0 Å². The Morgan fingerprint density at radius 2 is 0.756 bits per heavy atom. The SMILES string of the molecule is c1ccc(-c2ccccc2-c2cccc3c2sc2cccc(-c4c5ccccc5c(-c5ccccc5)c5ccccc45)c23)cc1. The molecule has 1 heterocycles. The lowest BCUT2D eigenvalue weighted by atomic mass is 9.85. The molecule has 0 spiro atoms. The highest BCUT2D eigenvalue weighted by Gasteiger charge is 2.20. The molecule has 0 atom stereocenters. The van der Waals surface area contributed by atoms with Crippen molar-refractivity contribution in [3.8, 4) is 44.5 Å². The highest BCUT2D eigenvalue weighted by Crippen LogP contribution is 2.49. The van der Waals surface area contributed by atoms with Crippen molar-refractivity contribution in [1.29, 1.82) is 0 Å². The Bertz CT molecular complexity index is 2460. The number of hydrogen-bond acceptors (Lipinski definition) is 1. The molecule has 0 aliphatic heterocycles. The van der Waals surface area contributed by atoms with E-state index in [0.29, 0.717) is 0 Å². The van der Waals surface area contributed by atoms with Gasteiger partial charge in [-0.2, -0.15) is 0 Å². The van der Waals surface area contributed by atoms with Crippen molar-refractivity contribution in [2.24, 2.45) is 0 Å². The monoisotopic (exact) mass is 588 g/mol. The van der Waals surface area contributed by atoms with E-state index >= 15 is 0 Å². The fraction of sp³-hybridized carbons (Fsp3) is 0. The van der Waals surface area contributed by atoms with Crippen molar-refractivity contribution in [3.05, 3.63) is 170 Å². The van der Waals surface area contributed by atoms with Crippen LogP contribution in [-0.2, 0) is 0 Å². The predicted molar refractivity (Wildman–Crippen MR) is 196 cm³/mol. The number of rotatable bonds is 4. The molecule has 1 heteroatoms. The lowest BCUT2D eigenvalue weighted by molar-refractivity contribution is 1.60. The van der Waals surface area contributed by atoms with Crippen molar-refractivity contribution in [2.75, 3.05) is 0 Å². The van der Waals surface area contributed by atoms with E-state index in [9.17, 15) is 0 Å². The maximum absolute atomic E-state index is 2.33. The number of thiophene rings is 1. The zero-order chi connectivity index (χ0) is 29.7. The molecule has 0 fully saturated rings. The van der Waals surface area contributed by atoms with Gasteiger partial charge in [-0.1, -0.05) is 164 Å². The third-order valence-electron chi connectivity index (χ3n) is 9.09. The summed E-state index contributed by atoms with van der Waals surface area (Å²) in [5, 5.41) is 7.78. The number of fused-ring (bicyclic) bond motifs is 5. The third kappa shape index (κ3) is 4.13. The number of benzene rings is 8. The van der Waals surface area contributed by atoms with Crippen LogP contribution in [0.25, 0.3) is 86.2 Å². The van der Waals surface area contributed by atoms with Gasteiger partial charge in [0, 0.05) is 25.7 Å². The molecule has 0 aliphatic carbocycles. The van der Waals surface area contributed by atoms with Crippen LogP contribution in [0.2, 0.25) is 0 Å². The van der Waals surface area contributed by atoms with Crippen LogP contribution < -0.4 is 0 Å². The lowest BCUT2D eigenvalue weighted by Gasteiger charge is -2.18. The second-order valence-corrected chi connectivity index (χ2v) is 12.6. The standard InChI is InChI=1S/C44H28S/c1-3-15-29(16-4-1)31-19-7-8-20-32(31)37-25-13-27-39-43-38(26-14-28-40(43)45-44(37)39)42-35-23-11-9-21-33(35)41(30-17-5-2-6-18-30)34-22-10-12-24-36(34)42/h1-28H. The first-order valence-corrected chi connectivity index (χ1v) is 16.3. The van der Waals surface area contributed by atoms with Gasteiger partial charge in [0.15, 0.2) is 0 Å². The Hall–Kier alpha value is -5.50. The fourth-order valence-electron chi connectivity index (χ4n) is 7.19. The first-order chi connectivity index (χ1) is 22.4. The Balaban J connectivity index is 1.37. The second kappa shape index (κ2) is 10.6. The number of hydrogen-bond donors (Lipinski definition) is 0. The average molecular weight is 589 g/mol. The minimum atomic E-state index is 1.24. The summed E-state index contributed by atoms with van der Waals surface area (Å²) < 4.78 is 2.64. The van der Waals surface area contributed by atoms with Crippen LogP contribution in [-0.4, -0.2) is 0 Å². The van der Waals surface area contributed by atoms with Crippen molar-refractivity contribution >= 4 is 53.1 Å². The van der Waals surface area contributed by atoms with Crippen LogP contribution in [0.3, 0.4) is 0 Å². The van der Waals surface area contributed by atoms with Gasteiger partial charge in [0.05, 0.1) is 0 Å². The summed E-state index contributed by atoms with van der Waals surface area (Å²) in [6, 6.07) is 62.0. The van der Waals surface area contributed by atoms with E-state index in [1.165, 1.54) is 86.2 Å². The van der Waals surface area contributed by atoms with Gasteiger partial charge in [-0.15, -0.1) is 11.3 Å². The van der Waals surface area contributed by atoms with E-state index in [4.69, 9.17) is 0 Å². The highest BCUT2D eigenvalue weighted by molar-refractivity contribution is 7.26. The van der Waals surface area contributed by atoms with Gasteiger partial charge >= 0.3 is 0 Å². The fourth-order valence-corrected chi connectivity index (χ4v) is 8.45. The maximum Gasteiger partial charge on any atom is 0.0434 e. The Morgan fingerprint density at radius 3 is 1.42 bits per heavy atom. The zero-order valence-electron chi connectivity index (χ0n) is 24.6. The van der Waals surface area contributed by atoms with E-state index in [0.717, 1.165) is 0 Å². The first-order valence-electron chi connectivity index (χ1n) is 15.4. The zero-order valence-corrected chi connectivity index (χ0v) is 25.4. The van der Waals surface area contributed by atoms with E-state index in [1.54, 1.807) is 0 Å².